The first-order valence-corrected chi connectivity index (χ1v) is 5.48. The van der Waals surface area contributed by atoms with E-state index in [0.29, 0.717) is 26.3 Å². The van der Waals surface area contributed by atoms with Crippen LogP contribution in [0.1, 0.15) is 19.8 Å². The first kappa shape index (κ1) is 12.8. The molecule has 1 aliphatic heterocycles. The number of ether oxygens (including phenoxy) is 1. The van der Waals surface area contributed by atoms with Crippen molar-refractivity contribution in [1.82, 2.24) is 4.90 Å². The number of halogens is 2. The van der Waals surface area contributed by atoms with Crippen LogP contribution >= 0.6 is 0 Å². The number of hydrogen-bond acceptors (Lipinski definition) is 3. The molecular weight excluding hydrogens is 202 g/mol. The van der Waals surface area contributed by atoms with Crippen LogP contribution in [-0.2, 0) is 4.74 Å². The lowest BCUT2D eigenvalue weighted by atomic mass is 10.2. The van der Waals surface area contributed by atoms with Gasteiger partial charge in [-0.3, -0.25) is 4.90 Å². The largest absolute Gasteiger partial charge is 0.380 e. The Hall–Kier alpha value is -0.260. The highest BCUT2D eigenvalue weighted by atomic mass is 19.3. The Morgan fingerprint density at radius 1 is 1.53 bits per heavy atom. The second-order valence-electron chi connectivity index (χ2n) is 3.99. The summed E-state index contributed by atoms with van der Waals surface area (Å²) in [6.45, 7) is 3.89. The first-order chi connectivity index (χ1) is 7.09. The number of alkyl halides is 2. The highest BCUT2D eigenvalue weighted by molar-refractivity contribution is 4.90. The fourth-order valence-electron chi connectivity index (χ4n) is 1.94. The number of nitrogens with two attached hydrogens (primary N) is 1. The van der Waals surface area contributed by atoms with E-state index in [0.717, 1.165) is 6.42 Å². The van der Waals surface area contributed by atoms with Gasteiger partial charge in [0.25, 0.3) is 5.92 Å². The number of nitrogens with zero attached hydrogens (tertiary/aromatic N) is 1. The highest BCUT2D eigenvalue weighted by Crippen LogP contribution is 2.32. The molecule has 5 heteroatoms. The molecule has 1 heterocycles. The maximum atomic E-state index is 13.2. The lowest BCUT2D eigenvalue weighted by molar-refractivity contribution is 0.0114. The summed E-state index contributed by atoms with van der Waals surface area (Å²) in [5, 5.41) is 0. The van der Waals surface area contributed by atoms with E-state index in [1.54, 1.807) is 4.90 Å². The van der Waals surface area contributed by atoms with Gasteiger partial charge in [-0.15, -0.1) is 0 Å². The Balaban J connectivity index is 2.42. The lowest BCUT2D eigenvalue weighted by Crippen LogP contribution is -2.35. The van der Waals surface area contributed by atoms with Crippen LogP contribution < -0.4 is 5.73 Å². The second kappa shape index (κ2) is 5.72. The summed E-state index contributed by atoms with van der Waals surface area (Å²) in [5.74, 6) is -2.56. The predicted molar refractivity (Wildman–Crippen MR) is 55.1 cm³/mol. The molecule has 0 aromatic heterocycles. The molecule has 15 heavy (non-hydrogen) atoms. The van der Waals surface area contributed by atoms with E-state index in [9.17, 15) is 8.78 Å². The normalized spacial score (nSPS) is 26.0. The van der Waals surface area contributed by atoms with Gasteiger partial charge in [-0.2, -0.15) is 0 Å². The van der Waals surface area contributed by atoms with Crippen LogP contribution in [0.5, 0.6) is 0 Å². The van der Waals surface area contributed by atoms with Gasteiger partial charge in [0.2, 0.25) is 0 Å². The van der Waals surface area contributed by atoms with Crippen molar-refractivity contribution in [3.63, 3.8) is 0 Å². The van der Waals surface area contributed by atoms with Gasteiger partial charge < -0.3 is 10.5 Å². The van der Waals surface area contributed by atoms with Crippen molar-refractivity contribution in [3.05, 3.63) is 0 Å². The minimum absolute atomic E-state index is 0.0857. The third kappa shape index (κ3) is 4.01. The average molecular weight is 222 g/mol. The molecule has 3 nitrogen and oxygen atoms in total. The molecule has 1 atom stereocenters. The van der Waals surface area contributed by atoms with Crippen LogP contribution in [0.2, 0.25) is 0 Å². The van der Waals surface area contributed by atoms with Crippen LogP contribution in [0.3, 0.4) is 0 Å². The zero-order chi connectivity index (χ0) is 11.3. The summed E-state index contributed by atoms with van der Waals surface area (Å²) in [6.07, 6.45) is 0.677. The van der Waals surface area contributed by atoms with Crippen molar-refractivity contribution >= 4 is 0 Å². The molecule has 0 unspecified atom stereocenters. The molecule has 1 rings (SSSR count). The van der Waals surface area contributed by atoms with E-state index in [1.165, 1.54) is 0 Å². The van der Waals surface area contributed by atoms with Gasteiger partial charge >= 0.3 is 0 Å². The molecule has 0 aromatic carbocycles. The smallest absolute Gasteiger partial charge is 0.262 e. The molecule has 1 fully saturated rings. The van der Waals surface area contributed by atoms with Gasteiger partial charge in [0.15, 0.2) is 0 Å². The summed E-state index contributed by atoms with van der Waals surface area (Å²) in [5.41, 5.74) is 5.37. The molecule has 0 amide bonds. The Morgan fingerprint density at radius 2 is 2.27 bits per heavy atom. The van der Waals surface area contributed by atoms with E-state index in [4.69, 9.17) is 10.5 Å². The quantitative estimate of drug-likeness (QED) is 0.731. The van der Waals surface area contributed by atoms with Crippen LogP contribution in [0.4, 0.5) is 8.78 Å². The lowest BCUT2D eigenvalue weighted by Gasteiger charge is -2.22. The SMILES string of the molecule is CCOC[C@@H]1CC(F)(F)CN1CCCN. The molecule has 1 saturated heterocycles. The van der Waals surface area contributed by atoms with Crippen LogP contribution in [-0.4, -0.2) is 49.7 Å². The summed E-state index contributed by atoms with van der Waals surface area (Å²) in [6, 6.07) is -0.147. The van der Waals surface area contributed by atoms with Crippen molar-refractivity contribution < 1.29 is 13.5 Å². The van der Waals surface area contributed by atoms with E-state index in [1.807, 2.05) is 6.92 Å². The Morgan fingerprint density at radius 3 is 2.87 bits per heavy atom. The van der Waals surface area contributed by atoms with Crippen molar-refractivity contribution in [3.8, 4) is 0 Å². The van der Waals surface area contributed by atoms with E-state index in [-0.39, 0.29) is 19.0 Å². The Kier molecular flexibility index (Phi) is 4.89. The third-order valence-corrected chi connectivity index (χ3v) is 2.65. The van der Waals surface area contributed by atoms with Gasteiger partial charge in [0.05, 0.1) is 13.2 Å². The zero-order valence-electron chi connectivity index (χ0n) is 9.22. The second-order valence-corrected chi connectivity index (χ2v) is 3.99. The molecule has 0 aromatic rings. The zero-order valence-corrected chi connectivity index (χ0v) is 9.22. The van der Waals surface area contributed by atoms with Gasteiger partial charge in [-0.05, 0) is 26.4 Å². The molecule has 0 spiro atoms. The minimum Gasteiger partial charge on any atom is -0.380 e. The monoisotopic (exact) mass is 222 g/mol. The van der Waals surface area contributed by atoms with Crippen molar-refractivity contribution in [2.24, 2.45) is 5.73 Å². The van der Waals surface area contributed by atoms with Gasteiger partial charge in [-0.1, -0.05) is 0 Å². The van der Waals surface area contributed by atoms with Crippen molar-refractivity contribution in [2.75, 3.05) is 32.8 Å². The van der Waals surface area contributed by atoms with E-state index in [2.05, 4.69) is 0 Å². The van der Waals surface area contributed by atoms with Gasteiger partial charge in [-0.25, -0.2) is 8.78 Å². The summed E-state index contributed by atoms with van der Waals surface area (Å²) < 4.78 is 31.6. The van der Waals surface area contributed by atoms with Crippen LogP contribution in [0, 0.1) is 0 Å². The molecule has 0 bridgehead atoms. The highest BCUT2D eigenvalue weighted by Gasteiger charge is 2.44. The molecular formula is C10H20F2N2O. The number of likely N-dealkylation sites (tertiary alicyclic amines) is 1. The number of hydrogen-bond donors (Lipinski definition) is 1. The van der Waals surface area contributed by atoms with Crippen molar-refractivity contribution in [2.45, 2.75) is 31.7 Å². The average Bonchev–Trinajstić information content (AvgIpc) is 2.47. The fraction of sp³-hybridized carbons (Fsp3) is 1.00. The summed E-state index contributed by atoms with van der Waals surface area (Å²) >= 11 is 0. The third-order valence-electron chi connectivity index (χ3n) is 2.65. The predicted octanol–water partition coefficient (Wildman–Crippen LogP) is 1.08. The number of rotatable bonds is 6. The fourth-order valence-corrected chi connectivity index (χ4v) is 1.94. The van der Waals surface area contributed by atoms with Crippen molar-refractivity contribution in [1.29, 1.82) is 0 Å². The molecule has 0 saturated carbocycles. The Bertz CT molecular complexity index is 172. The van der Waals surface area contributed by atoms with Crippen LogP contribution in [0.15, 0.2) is 0 Å². The summed E-state index contributed by atoms with van der Waals surface area (Å²) in [7, 11) is 0. The molecule has 2 N–H and O–H groups in total. The topological polar surface area (TPSA) is 38.5 Å². The van der Waals surface area contributed by atoms with Gasteiger partial charge in [0.1, 0.15) is 0 Å². The van der Waals surface area contributed by atoms with Crippen LogP contribution in [0.25, 0.3) is 0 Å². The van der Waals surface area contributed by atoms with E-state index >= 15 is 0 Å². The summed E-state index contributed by atoms with van der Waals surface area (Å²) in [4.78, 5) is 1.79. The molecule has 90 valence electrons. The maximum absolute atomic E-state index is 13.2. The standard InChI is InChI=1S/C10H20F2N2O/c1-2-15-7-9-6-10(11,12)8-14(9)5-3-4-13/h9H,2-8,13H2,1H3/t9-/m0/s1. The molecule has 1 aliphatic rings. The maximum Gasteiger partial charge on any atom is 0.262 e. The Labute approximate surface area is 89.6 Å². The first-order valence-electron chi connectivity index (χ1n) is 5.48. The molecule has 0 aliphatic carbocycles. The van der Waals surface area contributed by atoms with E-state index < -0.39 is 5.92 Å². The molecule has 0 radical (unpaired) electrons. The minimum atomic E-state index is -2.56. The van der Waals surface area contributed by atoms with Gasteiger partial charge in [0, 0.05) is 19.1 Å².